The second-order valence-corrected chi connectivity index (χ2v) is 19.3. The number of fused-ring (bicyclic) bond motifs is 3. The zero-order valence-corrected chi connectivity index (χ0v) is 41.1. The average Bonchev–Trinajstić information content (AvgIpc) is 4.12. The van der Waals surface area contributed by atoms with Crippen LogP contribution in [0.5, 0.6) is 17.2 Å². The predicted octanol–water partition coefficient (Wildman–Crippen LogP) is 8.79. The summed E-state index contributed by atoms with van der Waals surface area (Å²) in [7, 11) is 1.78. The molecule has 6 aromatic rings. The molecule has 3 aromatic carbocycles. The molecule has 21 heteroatoms. The normalized spacial score (nSPS) is 14.7. The molecule has 0 amide bonds. The van der Waals surface area contributed by atoms with Crippen LogP contribution in [0.2, 0.25) is 30.1 Å². The first kappa shape index (κ1) is 50.0. The number of rotatable bonds is 15. The summed E-state index contributed by atoms with van der Waals surface area (Å²) in [4.78, 5) is 51.8. The van der Waals surface area contributed by atoms with Crippen LogP contribution in [-0.2, 0) is 39.3 Å². The van der Waals surface area contributed by atoms with Crippen molar-refractivity contribution in [1.29, 1.82) is 0 Å². The Morgan fingerprint density at radius 1 is 0.530 bits per heavy atom. The molecule has 3 heterocycles. The van der Waals surface area contributed by atoms with Gasteiger partial charge in [-0.1, -0.05) is 83.5 Å². The highest BCUT2D eigenvalue weighted by molar-refractivity contribution is 6.41. The van der Waals surface area contributed by atoms with Gasteiger partial charge in [0.05, 0.1) is 65.9 Å². The van der Waals surface area contributed by atoms with Crippen molar-refractivity contribution in [3.8, 4) is 17.2 Å². The van der Waals surface area contributed by atoms with Gasteiger partial charge in [0.25, 0.3) is 16.7 Å². The van der Waals surface area contributed by atoms with Crippen molar-refractivity contribution in [2.75, 3.05) is 20.1 Å². The minimum absolute atomic E-state index is 0.0924. The number of phenolic OH excluding ortho intramolecular Hbond substituents is 3. The number of aromatic hydroxyl groups is 3. The van der Waals surface area contributed by atoms with Crippen LogP contribution < -0.4 is 32.6 Å². The maximum absolute atomic E-state index is 12.9. The molecular formula is C45H51Cl6N9O6. The number of halogens is 6. The van der Waals surface area contributed by atoms with E-state index < -0.39 is 0 Å². The van der Waals surface area contributed by atoms with Gasteiger partial charge in [-0.15, -0.1) is 0 Å². The molecular weight excluding hydrogens is 975 g/mol. The van der Waals surface area contributed by atoms with E-state index in [1.807, 2.05) is 6.92 Å². The molecule has 3 saturated carbocycles. The molecule has 0 unspecified atom stereocenters. The standard InChI is InChI=1S/C16H19Cl2N3O2.C15H17Cl2N3O2.C14H15Cl2N3O2/c1-2-5-19-7-12-20-14-13(10(17)6-11(18)15(14)22)16(23)21(12)8-9-3-4-9;1-2-18-6-11-19-13-12(9(16)5-10(17)14(13)21)15(22)20(11)7-8-3-4-8;1-17-5-10-18-12-11(8(15)4-9(16)13(12)20)14(21)19(10)6-7-2-3-7/h6,9,19,22H,2-5,7-8H2,1H3;5,8,18,21H,2-4,6-7H2,1H3;4,7,17,20H,2-3,5-6H2,1H3. The second kappa shape index (κ2) is 21.6. The van der Waals surface area contributed by atoms with Gasteiger partial charge in [0.2, 0.25) is 0 Å². The van der Waals surface area contributed by atoms with Crippen molar-refractivity contribution in [1.82, 2.24) is 44.6 Å². The maximum Gasteiger partial charge on any atom is 0.263 e. The molecule has 3 aliphatic carbocycles. The Balaban J connectivity index is 0.000000147. The quantitative estimate of drug-likeness (QED) is 0.0535. The van der Waals surface area contributed by atoms with Crippen molar-refractivity contribution >= 4 is 102 Å². The molecule has 0 spiro atoms. The Labute approximate surface area is 410 Å². The highest BCUT2D eigenvalue weighted by atomic mass is 35.5. The summed E-state index contributed by atoms with van der Waals surface area (Å²) in [5.41, 5.74) is -0.159. The number of nitrogens with zero attached hydrogens (tertiary/aromatic N) is 6. The number of hydrogen-bond donors (Lipinski definition) is 6. The zero-order chi connectivity index (χ0) is 47.6. The SMILES string of the molecule is CCCNCc1nc2c(O)c(Cl)cc(Cl)c2c(=O)n1CC1CC1.CCNCc1nc2c(O)c(Cl)cc(Cl)c2c(=O)n1CC1CC1.CNCc1nc2c(O)c(Cl)cc(Cl)c2c(=O)n1CC1CC1. The van der Waals surface area contributed by atoms with E-state index >= 15 is 0 Å². The van der Waals surface area contributed by atoms with Crippen molar-refractivity contribution in [2.45, 2.75) is 98.1 Å². The van der Waals surface area contributed by atoms with Gasteiger partial charge in [-0.05, 0) is 101 Å². The van der Waals surface area contributed by atoms with Crippen LogP contribution in [0.15, 0.2) is 32.6 Å². The van der Waals surface area contributed by atoms with Crippen molar-refractivity contribution in [3.63, 3.8) is 0 Å². The molecule has 0 atom stereocenters. The molecule has 3 aromatic heterocycles. The molecule has 15 nitrogen and oxygen atoms in total. The molecule has 9 rings (SSSR count). The summed E-state index contributed by atoms with van der Waals surface area (Å²) in [6.45, 7) is 8.93. The number of benzene rings is 3. The highest BCUT2D eigenvalue weighted by Crippen LogP contribution is 2.39. The van der Waals surface area contributed by atoms with E-state index in [1.54, 1.807) is 20.7 Å². The fourth-order valence-corrected chi connectivity index (χ4v) is 9.07. The van der Waals surface area contributed by atoms with Gasteiger partial charge >= 0.3 is 0 Å². The Hall–Kier alpha value is -3.90. The summed E-state index contributed by atoms with van der Waals surface area (Å²) >= 11 is 36.3. The Morgan fingerprint density at radius 2 is 0.848 bits per heavy atom. The maximum atomic E-state index is 12.9. The lowest BCUT2D eigenvalue weighted by Gasteiger charge is -2.15. The molecule has 0 saturated heterocycles. The Bertz CT molecular complexity index is 2990. The van der Waals surface area contributed by atoms with Gasteiger partial charge in [0.15, 0.2) is 17.2 Å². The molecule has 3 aliphatic rings. The topological polar surface area (TPSA) is 201 Å². The fraction of sp³-hybridized carbons (Fsp3) is 0.467. The molecule has 0 aliphatic heterocycles. The zero-order valence-electron chi connectivity index (χ0n) is 36.6. The van der Waals surface area contributed by atoms with E-state index in [1.165, 1.54) is 18.2 Å². The average molecular weight is 1030 g/mol. The van der Waals surface area contributed by atoms with Crippen LogP contribution in [0, 0.1) is 17.8 Å². The smallest absolute Gasteiger partial charge is 0.263 e. The van der Waals surface area contributed by atoms with E-state index in [9.17, 15) is 29.7 Å². The van der Waals surface area contributed by atoms with Crippen LogP contribution in [0.3, 0.4) is 0 Å². The lowest BCUT2D eigenvalue weighted by atomic mass is 10.2. The van der Waals surface area contributed by atoms with E-state index in [0.29, 0.717) is 74.5 Å². The minimum atomic E-state index is -0.228. The Morgan fingerprint density at radius 3 is 1.14 bits per heavy atom. The monoisotopic (exact) mass is 1020 g/mol. The third-order valence-electron chi connectivity index (χ3n) is 11.6. The second-order valence-electron chi connectivity index (χ2n) is 16.9. The van der Waals surface area contributed by atoms with Crippen LogP contribution >= 0.6 is 69.6 Å². The molecule has 6 N–H and O–H groups in total. The van der Waals surface area contributed by atoms with Crippen LogP contribution in [0.4, 0.5) is 0 Å². The van der Waals surface area contributed by atoms with Crippen molar-refractivity contribution in [3.05, 3.63) is 96.9 Å². The number of aromatic nitrogens is 6. The van der Waals surface area contributed by atoms with Gasteiger partial charge in [-0.3, -0.25) is 28.1 Å². The number of phenols is 3. The first-order valence-electron chi connectivity index (χ1n) is 21.9. The van der Waals surface area contributed by atoms with Crippen molar-refractivity contribution in [2.24, 2.45) is 17.8 Å². The van der Waals surface area contributed by atoms with Gasteiger partial charge in [-0.25, -0.2) is 15.0 Å². The van der Waals surface area contributed by atoms with E-state index in [2.05, 4.69) is 37.8 Å². The first-order valence-corrected chi connectivity index (χ1v) is 24.2. The third-order valence-corrected chi connectivity index (χ3v) is 13.3. The summed E-state index contributed by atoms with van der Waals surface area (Å²) in [6, 6.07) is 4.15. The van der Waals surface area contributed by atoms with Crippen LogP contribution in [-0.4, -0.2) is 64.1 Å². The van der Waals surface area contributed by atoms with E-state index in [4.69, 9.17) is 69.6 Å². The van der Waals surface area contributed by atoms with Crippen molar-refractivity contribution < 1.29 is 15.3 Å². The Kier molecular flexibility index (Phi) is 16.4. The lowest BCUT2D eigenvalue weighted by molar-refractivity contribution is 0.478. The van der Waals surface area contributed by atoms with Crippen LogP contribution in [0.25, 0.3) is 32.7 Å². The number of hydrogen-bond acceptors (Lipinski definition) is 12. The third kappa shape index (κ3) is 11.2. The first-order chi connectivity index (χ1) is 31.6. The molecule has 0 bridgehead atoms. The molecule has 3 fully saturated rings. The molecule has 0 radical (unpaired) electrons. The summed E-state index contributed by atoms with van der Waals surface area (Å²) in [5, 5.41) is 41.4. The van der Waals surface area contributed by atoms with E-state index in [0.717, 1.165) is 58.0 Å². The fourth-order valence-electron chi connectivity index (χ4n) is 7.47. The summed E-state index contributed by atoms with van der Waals surface area (Å²) in [5.74, 6) is 2.76. The molecule has 354 valence electrons. The van der Waals surface area contributed by atoms with Gasteiger partial charge in [-0.2, -0.15) is 0 Å². The number of nitrogens with one attached hydrogen (secondary N) is 3. The highest BCUT2D eigenvalue weighted by Gasteiger charge is 2.28. The summed E-state index contributed by atoms with van der Waals surface area (Å²) < 4.78 is 5.00. The van der Waals surface area contributed by atoms with Gasteiger partial charge in [0.1, 0.15) is 34.0 Å². The van der Waals surface area contributed by atoms with Gasteiger partial charge in [0, 0.05) is 19.6 Å². The minimum Gasteiger partial charge on any atom is -0.504 e. The molecule has 66 heavy (non-hydrogen) atoms. The predicted molar refractivity (Wildman–Crippen MR) is 263 cm³/mol. The van der Waals surface area contributed by atoms with Crippen LogP contribution in [0.1, 0.15) is 76.3 Å². The lowest BCUT2D eigenvalue weighted by Crippen LogP contribution is -2.29. The van der Waals surface area contributed by atoms with E-state index in [-0.39, 0.29) is 96.8 Å². The van der Waals surface area contributed by atoms with Gasteiger partial charge < -0.3 is 31.3 Å². The largest absolute Gasteiger partial charge is 0.504 e. The summed E-state index contributed by atoms with van der Waals surface area (Å²) in [6.07, 6.45) is 7.77.